The lowest BCUT2D eigenvalue weighted by Crippen LogP contribution is -2.32. The molecule has 0 aliphatic heterocycles. The first-order valence-corrected chi connectivity index (χ1v) is 6.46. The molecule has 0 aliphatic carbocycles. The Labute approximate surface area is 114 Å². The number of aliphatic hydroxyl groups excluding tert-OH is 1. The Hall–Kier alpha value is -0.690. The Kier molecular flexibility index (Phi) is 9.77. The number of aliphatic hydroxyl groups is 1. The van der Waals surface area contributed by atoms with Gasteiger partial charge in [0.25, 0.3) is 0 Å². The van der Waals surface area contributed by atoms with E-state index in [4.69, 9.17) is 24.4 Å². The van der Waals surface area contributed by atoms with Crippen molar-refractivity contribution in [3.8, 4) is 0 Å². The smallest absolute Gasteiger partial charge is 0.309 e. The van der Waals surface area contributed by atoms with Crippen LogP contribution < -0.4 is 0 Å². The molecule has 0 amide bonds. The monoisotopic (exact) mass is 278 g/mol. The van der Waals surface area contributed by atoms with E-state index in [2.05, 4.69) is 0 Å². The Morgan fingerprint density at radius 1 is 1.00 bits per heavy atom. The molecule has 0 radical (unpaired) electrons. The number of carbonyl (C=O) groups is 1. The lowest BCUT2D eigenvalue weighted by Gasteiger charge is -2.26. The molecular weight excluding hydrogens is 252 g/mol. The van der Waals surface area contributed by atoms with Crippen LogP contribution in [0.4, 0.5) is 0 Å². The van der Waals surface area contributed by atoms with E-state index in [0.717, 1.165) is 0 Å². The third-order valence-corrected chi connectivity index (χ3v) is 2.61. The summed E-state index contributed by atoms with van der Waals surface area (Å²) in [7, 11) is 0. The second-order valence-corrected chi connectivity index (χ2v) is 5.28. The molecule has 0 bridgehead atoms. The first-order valence-electron chi connectivity index (χ1n) is 6.46. The van der Waals surface area contributed by atoms with Crippen LogP contribution in [0.25, 0.3) is 0 Å². The van der Waals surface area contributed by atoms with Gasteiger partial charge in [0.15, 0.2) is 0 Å². The molecule has 0 spiro atoms. The molecule has 6 nitrogen and oxygen atoms in total. The van der Waals surface area contributed by atoms with Gasteiger partial charge in [0.1, 0.15) is 0 Å². The number of rotatable bonds is 11. The van der Waals surface area contributed by atoms with Gasteiger partial charge in [-0.2, -0.15) is 0 Å². The van der Waals surface area contributed by atoms with Gasteiger partial charge in [-0.15, -0.1) is 0 Å². The van der Waals surface area contributed by atoms with Crippen LogP contribution >= 0.6 is 0 Å². The lowest BCUT2D eigenvalue weighted by atomic mass is 9.81. The summed E-state index contributed by atoms with van der Waals surface area (Å²) in [6, 6.07) is 0. The summed E-state index contributed by atoms with van der Waals surface area (Å²) < 4.78 is 15.6. The molecule has 0 aromatic heterocycles. The summed E-state index contributed by atoms with van der Waals surface area (Å²) in [4.78, 5) is 11.1. The van der Waals surface area contributed by atoms with Gasteiger partial charge in [0, 0.05) is 0 Å². The zero-order valence-corrected chi connectivity index (χ0v) is 12.1. The second kappa shape index (κ2) is 10.1. The predicted octanol–water partition coefficient (Wildman–Crippen LogP) is 0.775. The topological polar surface area (TPSA) is 85.2 Å². The first-order chi connectivity index (χ1) is 8.89. The highest BCUT2D eigenvalue weighted by Gasteiger charge is 2.31. The highest BCUT2D eigenvalue weighted by atomic mass is 16.5. The summed E-state index contributed by atoms with van der Waals surface area (Å²) >= 11 is 0. The van der Waals surface area contributed by atoms with E-state index in [1.165, 1.54) is 0 Å². The van der Waals surface area contributed by atoms with Crippen molar-refractivity contribution in [1.29, 1.82) is 0 Å². The predicted molar refractivity (Wildman–Crippen MR) is 70.1 cm³/mol. The molecule has 1 atom stereocenters. The van der Waals surface area contributed by atoms with Crippen LogP contribution in [0.5, 0.6) is 0 Å². The number of aliphatic carboxylic acids is 1. The van der Waals surface area contributed by atoms with Gasteiger partial charge in [-0.3, -0.25) is 4.79 Å². The Morgan fingerprint density at radius 3 is 1.89 bits per heavy atom. The van der Waals surface area contributed by atoms with E-state index in [-0.39, 0.29) is 18.6 Å². The van der Waals surface area contributed by atoms with Gasteiger partial charge in [-0.1, -0.05) is 20.8 Å². The number of hydrogen-bond acceptors (Lipinski definition) is 5. The normalized spacial score (nSPS) is 13.5. The Balaban J connectivity index is 3.54. The van der Waals surface area contributed by atoms with Crippen LogP contribution in [0, 0.1) is 11.3 Å². The van der Waals surface area contributed by atoms with Crippen molar-refractivity contribution >= 4 is 5.97 Å². The molecule has 19 heavy (non-hydrogen) atoms. The van der Waals surface area contributed by atoms with Crippen LogP contribution in [0.3, 0.4) is 0 Å². The van der Waals surface area contributed by atoms with Crippen molar-refractivity contribution in [3.05, 3.63) is 0 Å². The van der Waals surface area contributed by atoms with Crippen LogP contribution in [0.1, 0.15) is 20.8 Å². The van der Waals surface area contributed by atoms with Crippen molar-refractivity contribution < 1.29 is 29.2 Å². The molecule has 0 aromatic rings. The number of carboxylic acids is 1. The van der Waals surface area contributed by atoms with Crippen molar-refractivity contribution in [2.45, 2.75) is 20.8 Å². The molecule has 6 heteroatoms. The number of ether oxygens (including phenoxy) is 3. The highest BCUT2D eigenvalue weighted by Crippen LogP contribution is 2.26. The fourth-order valence-corrected chi connectivity index (χ4v) is 1.40. The Bertz CT molecular complexity index is 236. The Morgan fingerprint density at radius 2 is 1.47 bits per heavy atom. The second-order valence-electron chi connectivity index (χ2n) is 5.28. The van der Waals surface area contributed by atoms with Gasteiger partial charge in [-0.05, 0) is 5.41 Å². The summed E-state index contributed by atoms with van der Waals surface area (Å²) in [6.07, 6.45) is 0. The van der Waals surface area contributed by atoms with E-state index in [1.54, 1.807) is 0 Å². The third kappa shape index (κ3) is 9.84. The van der Waals surface area contributed by atoms with Gasteiger partial charge in [0.05, 0.1) is 52.2 Å². The fourth-order valence-electron chi connectivity index (χ4n) is 1.40. The molecule has 1 unspecified atom stereocenters. The van der Waals surface area contributed by atoms with Gasteiger partial charge in [-0.25, -0.2) is 0 Å². The van der Waals surface area contributed by atoms with E-state index < -0.39 is 11.9 Å². The molecule has 0 aliphatic rings. The quantitative estimate of drug-likeness (QED) is 0.543. The highest BCUT2D eigenvalue weighted by molar-refractivity contribution is 5.71. The third-order valence-electron chi connectivity index (χ3n) is 2.61. The van der Waals surface area contributed by atoms with Crippen molar-refractivity contribution in [3.63, 3.8) is 0 Å². The van der Waals surface area contributed by atoms with Crippen molar-refractivity contribution in [1.82, 2.24) is 0 Å². The zero-order valence-electron chi connectivity index (χ0n) is 12.1. The minimum absolute atomic E-state index is 0.00644. The van der Waals surface area contributed by atoms with Crippen molar-refractivity contribution in [2.24, 2.45) is 11.3 Å². The average molecular weight is 278 g/mol. The SMILES string of the molecule is CC(C)(C)C(COCCOCCOCCO)C(=O)O. The average Bonchev–Trinajstić information content (AvgIpc) is 2.29. The summed E-state index contributed by atoms with van der Waals surface area (Å²) in [5.41, 5.74) is -0.329. The van der Waals surface area contributed by atoms with Gasteiger partial charge >= 0.3 is 5.97 Å². The molecule has 0 heterocycles. The summed E-state index contributed by atoms with van der Waals surface area (Å²) in [5.74, 6) is -1.37. The van der Waals surface area contributed by atoms with E-state index in [1.807, 2.05) is 20.8 Å². The molecule has 0 fully saturated rings. The van der Waals surface area contributed by atoms with Crippen LogP contribution in [0.2, 0.25) is 0 Å². The van der Waals surface area contributed by atoms with Gasteiger partial charge < -0.3 is 24.4 Å². The first kappa shape index (κ1) is 18.3. The lowest BCUT2D eigenvalue weighted by molar-refractivity contribution is -0.148. The van der Waals surface area contributed by atoms with Gasteiger partial charge in [0.2, 0.25) is 0 Å². The maximum absolute atomic E-state index is 11.1. The van der Waals surface area contributed by atoms with E-state index in [0.29, 0.717) is 33.0 Å². The largest absolute Gasteiger partial charge is 0.481 e. The molecule has 114 valence electrons. The van der Waals surface area contributed by atoms with Crippen LogP contribution in [0.15, 0.2) is 0 Å². The molecule has 0 saturated heterocycles. The van der Waals surface area contributed by atoms with Crippen LogP contribution in [-0.4, -0.2) is 62.4 Å². The zero-order chi connectivity index (χ0) is 14.7. The number of carboxylic acid groups (broad SMARTS) is 1. The fraction of sp³-hybridized carbons (Fsp3) is 0.923. The van der Waals surface area contributed by atoms with Crippen LogP contribution in [-0.2, 0) is 19.0 Å². The minimum atomic E-state index is -0.842. The van der Waals surface area contributed by atoms with Crippen molar-refractivity contribution in [2.75, 3.05) is 46.2 Å². The molecule has 0 rings (SSSR count). The molecule has 0 saturated carbocycles. The minimum Gasteiger partial charge on any atom is -0.481 e. The van der Waals surface area contributed by atoms with E-state index in [9.17, 15) is 4.79 Å². The standard InChI is InChI=1S/C13H26O6/c1-13(2,3)11(12(15)16)10-19-9-8-18-7-6-17-5-4-14/h11,14H,4-10H2,1-3H3,(H,15,16). The molecule has 0 aromatic carbocycles. The summed E-state index contributed by atoms with van der Waals surface area (Å²) in [5, 5.41) is 17.6. The number of hydrogen-bond donors (Lipinski definition) is 2. The van der Waals surface area contributed by atoms with E-state index >= 15 is 0 Å². The maximum Gasteiger partial charge on any atom is 0.309 e. The summed E-state index contributed by atoms with van der Waals surface area (Å²) in [6.45, 7) is 7.77. The molecule has 2 N–H and O–H groups in total. The molecular formula is C13H26O6. The maximum atomic E-state index is 11.1.